The summed E-state index contributed by atoms with van der Waals surface area (Å²) in [4.78, 5) is 12.7. The summed E-state index contributed by atoms with van der Waals surface area (Å²) in [5, 5.41) is 0. The molecule has 1 heteroatoms. The molecule has 2 aliphatic rings. The van der Waals surface area contributed by atoms with Gasteiger partial charge in [0, 0.05) is 11.3 Å². The van der Waals surface area contributed by atoms with Gasteiger partial charge in [-0.1, -0.05) is 34.1 Å². The van der Waals surface area contributed by atoms with Crippen LogP contribution in [0.1, 0.15) is 59.8 Å². The molecule has 0 aromatic rings. The molecule has 2 fully saturated rings. The maximum Gasteiger partial charge on any atom is 0.142 e. The molecule has 0 N–H and O–H groups in total. The van der Waals surface area contributed by atoms with E-state index in [1.165, 1.54) is 25.7 Å². The monoisotopic (exact) mass is 222 g/mol. The average Bonchev–Trinajstić information content (AvgIpc) is 2.22. The molecular weight excluding hydrogens is 196 g/mol. The zero-order chi connectivity index (χ0) is 11.9. The third-order valence-electron chi connectivity index (χ3n) is 5.56. The maximum absolute atomic E-state index is 12.7. The molecule has 2 rings (SSSR count). The zero-order valence-corrected chi connectivity index (χ0v) is 11.3. The van der Waals surface area contributed by atoms with E-state index in [1.807, 2.05) is 0 Å². The van der Waals surface area contributed by atoms with Crippen molar-refractivity contribution in [2.45, 2.75) is 59.8 Å². The lowest BCUT2D eigenvalue weighted by Crippen LogP contribution is -2.51. The number of rotatable bonds is 1. The predicted molar refractivity (Wildman–Crippen MR) is 67.2 cm³/mol. The van der Waals surface area contributed by atoms with E-state index in [2.05, 4.69) is 27.7 Å². The molecule has 92 valence electrons. The summed E-state index contributed by atoms with van der Waals surface area (Å²) in [5.41, 5.74) is 0.00539. The summed E-state index contributed by atoms with van der Waals surface area (Å²) in [6, 6.07) is 0. The van der Waals surface area contributed by atoms with Gasteiger partial charge in [0.05, 0.1) is 0 Å². The van der Waals surface area contributed by atoms with Crippen LogP contribution >= 0.6 is 0 Å². The van der Waals surface area contributed by atoms with Crippen LogP contribution in [0.4, 0.5) is 0 Å². The number of ketones is 1. The third-order valence-corrected chi connectivity index (χ3v) is 5.56. The lowest BCUT2D eigenvalue weighted by molar-refractivity contribution is -0.148. The van der Waals surface area contributed by atoms with Gasteiger partial charge in [-0.15, -0.1) is 0 Å². The Hall–Kier alpha value is -0.330. The molecule has 4 atom stereocenters. The number of Topliss-reactive ketones (excluding diaryl/α,β-unsaturated/α-hetero) is 1. The highest BCUT2D eigenvalue weighted by molar-refractivity contribution is 5.88. The first-order chi connectivity index (χ1) is 7.48. The molecule has 0 aliphatic heterocycles. The van der Waals surface area contributed by atoms with E-state index in [9.17, 15) is 4.79 Å². The molecule has 0 aromatic carbocycles. The molecular formula is C15H26O. The van der Waals surface area contributed by atoms with Gasteiger partial charge in [0.2, 0.25) is 0 Å². The fourth-order valence-electron chi connectivity index (χ4n) is 4.11. The Bertz CT molecular complexity index is 281. The average molecular weight is 222 g/mol. The minimum atomic E-state index is 0.00539. The third kappa shape index (κ3) is 1.63. The van der Waals surface area contributed by atoms with E-state index in [4.69, 9.17) is 0 Å². The van der Waals surface area contributed by atoms with Crippen LogP contribution in [0.5, 0.6) is 0 Å². The normalized spacial score (nSPS) is 44.6. The van der Waals surface area contributed by atoms with Gasteiger partial charge in [0.25, 0.3) is 0 Å². The lowest BCUT2D eigenvalue weighted by atomic mass is 9.52. The molecule has 0 unspecified atom stereocenters. The topological polar surface area (TPSA) is 17.1 Å². The first-order valence-electron chi connectivity index (χ1n) is 7.02. The van der Waals surface area contributed by atoms with Crippen molar-refractivity contribution in [1.82, 2.24) is 0 Å². The molecule has 0 amide bonds. The van der Waals surface area contributed by atoms with Crippen LogP contribution in [0.2, 0.25) is 0 Å². The summed E-state index contributed by atoms with van der Waals surface area (Å²) < 4.78 is 0. The fraction of sp³-hybridized carbons (Fsp3) is 0.933. The second-order valence-electron chi connectivity index (χ2n) is 6.60. The quantitative estimate of drug-likeness (QED) is 0.654. The van der Waals surface area contributed by atoms with Gasteiger partial charge in [-0.25, -0.2) is 0 Å². The van der Waals surface area contributed by atoms with Gasteiger partial charge in [-0.2, -0.15) is 0 Å². The molecule has 2 aliphatic carbocycles. The molecule has 1 nitrogen and oxygen atoms in total. The highest BCUT2D eigenvalue weighted by Crippen LogP contribution is 2.53. The number of fused-ring (bicyclic) bond motifs is 1. The summed E-state index contributed by atoms with van der Waals surface area (Å²) >= 11 is 0. The van der Waals surface area contributed by atoms with Crippen molar-refractivity contribution in [3.8, 4) is 0 Å². The van der Waals surface area contributed by atoms with E-state index in [0.29, 0.717) is 29.5 Å². The molecule has 16 heavy (non-hydrogen) atoms. The first-order valence-corrected chi connectivity index (χ1v) is 7.02. The zero-order valence-electron chi connectivity index (χ0n) is 11.3. The van der Waals surface area contributed by atoms with Gasteiger partial charge in [-0.05, 0) is 43.4 Å². The number of carbonyl (C=O) groups is 1. The Morgan fingerprint density at radius 1 is 1.19 bits per heavy atom. The van der Waals surface area contributed by atoms with Crippen molar-refractivity contribution in [3.05, 3.63) is 0 Å². The molecule has 0 spiro atoms. The van der Waals surface area contributed by atoms with Crippen LogP contribution in [0.15, 0.2) is 0 Å². The minimum Gasteiger partial charge on any atom is -0.299 e. The van der Waals surface area contributed by atoms with Crippen LogP contribution in [-0.4, -0.2) is 5.78 Å². The Balaban J connectivity index is 2.27. The van der Waals surface area contributed by atoms with Crippen LogP contribution in [0.25, 0.3) is 0 Å². The Kier molecular flexibility index (Phi) is 3.16. The van der Waals surface area contributed by atoms with Gasteiger partial charge < -0.3 is 0 Å². The van der Waals surface area contributed by atoms with E-state index < -0.39 is 0 Å². The van der Waals surface area contributed by atoms with E-state index in [0.717, 1.165) is 6.42 Å². The summed E-state index contributed by atoms with van der Waals surface area (Å²) in [6.07, 6.45) is 6.31. The second-order valence-corrected chi connectivity index (χ2v) is 6.60. The highest BCUT2D eigenvalue weighted by atomic mass is 16.1. The number of hydrogen-bond acceptors (Lipinski definition) is 1. The van der Waals surface area contributed by atoms with E-state index >= 15 is 0 Å². The van der Waals surface area contributed by atoms with Crippen molar-refractivity contribution in [2.75, 3.05) is 0 Å². The highest BCUT2D eigenvalue weighted by Gasteiger charge is 2.52. The summed E-state index contributed by atoms with van der Waals surface area (Å²) in [6.45, 7) is 8.98. The molecule has 0 heterocycles. The largest absolute Gasteiger partial charge is 0.299 e. The second kappa shape index (κ2) is 4.16. The lowest BCUT2D eigenvalue weighted by Gasteiger charge is -2.51. The van der Waals surface area contributed by atoms with Crippen molar-refractivity contribution < 1.29 is 4.79 Å². The predicted octanol–water partition coefficient (Wildman–Crippen LogP) is 4.06. The summed E-state index contributed by atoms with van der Waals surface area (Å²) in [5.74, 6) is 2.73. The Morgan fingerprint density at radius 3 is 2.50 bits per heavy atom. The molecule has 0 saturated heterocycles. The van der Waals surface area contributed by atoms with Gasteiger partial charge in [-0.3, -0.25) is 4.79 Å². The number of hydrogen-bond donors (Lipinski definition) is 0. The Labute approximate surface area is 100.0 Å². The van der Waals surface area contributed by atoms with Crippen LogP contribution in [-0.2, 0) is 4.79 Å². The van der Waals surface area contributed by atoms with Crippen molar-refractivity contribution >= 4 is 5.78 Å². The molecule has 0 radical (unpaired) electrons. The van der Waals surface area contributed by atoms with Crippen molar-refractivity contribution in [1.29, 1.82) is 0 Å². The van der Waals surface area contributed by atoms with E-state index in [1.54, 1.807) is 0 Å². The fourth-order valence-corrected chi connectivity index (χ4v) is 4.11. The van der Waals surface area contributed by atoms with Gasteiger partial charge in [0.1, 0.15) is 5.78 Å². The van der Waals surface area contributed by atoms with Crippen LogP contribution in [0, 0.1) is 29.1 Å². The molecule has 2 saturated carbocycles. The number of carbonyl (C=O) groups excluding carboxylic acids is 1. The maximum atomic E-state index is 12.7. The van der Waals surface area contributed by atoms with Crippen LogP contribution in [0.3, 0.4) is 0 Å². The van der Waals surface area contributed by atoms with E-state index in [-0.39, 0.29) is 5.41 Å². The minimum absolute atomic E-state index is 0.00539. The van der Waals surface area contributed by atoms with Crippen LogP contribution < -0.4 is 0 Å². The Morgan fingerprint density at radius 2 is 1.88 bits per heavy atom. The molecule has 0 bridgehead atoms. The van der Waals surface area contributed by atoms with Gasteiger partial charge in [0.15, 0.2) is 0 Å². The van der Waals surface area contributed by atoms with Gasteiger partial charge >= 0.3 is 0 Å². The smallest absolute Gasteiger partial charge is 0.142 e. The SMILES string of the molecule is CC(C)[C@H]1CC[C@H]2CCC[C@H](C)[C@@]2(C)C1=O. The standard InChI is InChI=1S/C15H26O/c1-10(2)13-9-8-12-7-5-6-11(3)15(12,4)14(13)16/h10-13H,5-9H2,1-4H3/t11-,12+,13+,15+/m0/s1. The van der Waals surface area contributed by atoms with Crippen molar-refractivity contribution in [2.24, 2.45) is 29.1 Å². The van der Waals surface area contributed by atoms with Crippen molar-refractivity contribution in [3.63, 3.8) is 0 Å². The first kappa shape index (κ1) is 12.1. The molecule has 0 aromatic heterocycles. The summed E-state index contributed by atoms with van der Waals surface area (Å²) in [7, 11) is 0.